The van der Waals surface area contributed by atoms with E-state index in [0.717, 1.165) is 44.7 Å². The minimum Gasteiger partial charge on any atom is -0.396 e. The molecule has 1 N–H and O–H groups in total. The Morgan fingerprint density at radius 3 is 2.48 bits per heavy atom. The second kappa shape index (κ2) is 8.29. The van der Waals surface area contributed by atoms with Gasteiger partial charge in [-0.15, -0.1) is 0 Å². The summed E-state index contributed by atoms with van der Waals surface area (Å²) in [5.74, 6) is 0.908. The quantitative estimate of drug-likeness (QED) is 0.842. The average Bonchev–Trinajstić information content (AvgIpc) is 3.11. The van der Waals surface area contributed by atoms with Crippen LogP contribution in [0.5, 0.6) is 0 Å². The largest absolute Gasteiger partial charge is 0.396 e. The molecule has 0 bridgehead atoms. The number of likely N-dealkylation sites (tertiary alicyclic amines) is 2. The van der Waals surface area contributed by atoms with E-state index in [1.807, 2.05) is 23.1 Å². The molecule has 1 amide bonds. The maximum Gasteiger partial charge on any atom is 0.253 e. The molecule has 0 saturated carbocycles. The van der Waals surface area contributed by atoms with Crippen LogP contribution in [-0.4, -0.2) is 53.6 Å². The third-order valence-corrected chi connectivity index (χ3v) is 6.88. The monoisotopic (exact) mass is 392 g/mol. The molecule has 2 aliphatic heterocycles. The molecule has 0 aromatic heterocycles. The van der Waals surface area contributed by atoms with E-state index in [-0.39, 0.29) is 17.9 Å². The second-order valence-electron chi connectivity index (χ2n) is 9.15. The van der Waals surface area contributed by atoms with Crippen molar-refractivity contribution >= 4 is 5.91 Å². The van der Waals surface area contributed by atoms with Gasteiger partial charge in [-0.2, -0.15) is 0 Å². The fraction of sp³-hybridized carbons (Fsp3) is 0.480. The lowest BCUT2D eigenvalue weighted by molar-refractivity contribution is 0.0178. The molecule has 2 fully saturated rings. The molecule has 154 valence electrons. The number of fused-ring (bicyclic) bond motifs is 1. The summed E-state index contributed by atoms with van der Waals surface area (Å²) in [5, 5.41) is 10.2. The van der Waals surface area contributed by atoms with Crippen molar-refractivity contribution in [2.24, 2.45) is 11.3 Å². The summed E-state index contributed by atoms with van der Waals surface area (Å²) in [5.41, 5.74) is 3.25. The van der Waals surface area contributed by atoms with Crippen LogP contribution in [0.25, 0.3) is 0 Å². The van der Waals surface area contributed by atoms with Gasteiger partial charge < -0.3 is 10.0 Å². The van der Waals surface area contributed by atoms with Gasteiger partial charge in [0.15, 0.2) is 0 Å². The van der Waals surface area contributed by atoms with E-state index in [9.17, 15) is 9.90 Å². The molecule has 4 heteroatoms. The normalized spacial score (nSPS) is 24.7. The fourth-order valence-corrected chi connectivity index (χ4v) is 4.99. The Hall–Kier alpha value is -2.17. The average molecular weight is 393 g/mol. The minimum absolute atomic E-state index is 0.0763. The predicted molar refractivity (Wildman–Crippen MR) is 116 cm³/mol. The Labute approximate surface area is 174 Å². The van der Waals surface area contributed by atoms with Gasteiger partial charge in [0.25, 0.3) is 5.91 Å². The van der Waals surface area contributed by atoms with Gasteiger partial charge in [-0.3, -0.25) is 9.69 Å². The highest BCUT2D eigenvalue weighted by Gasteiger charge is 2.49. The van der Waals surface area contributed by atoms with Crippen LogP contribution in [0, 0.1) is 11.3 Å². The van der Waals surface area contributed by atoms with E-state index in [4.69, 9.17) is 0 Å². The molecule has 4 rings (SSSR count). The van der Waals surface area contributed by atoms with Crippen molar-refractivity contribution in [1.82, 2.24) is 9.80 Å². The summed E-state index contributed by atoms with van der Waals surface area (Å²) in [6.07, 6.45) is 0.870. The van der Waals surface area contributed by atoms with E-state index >= 15 is 0 Å². The van der Waals surface area contributed by atoms with Crippen molar-refractivity contribution in [3.63, 3.8) is 0 Å². The molecule has 2 aromatic carbocycles. The topological polar surface area (TPSA) is 43.8 Å². The molecule has 0 spiro atoms. The summed E-state index contributed by atoms with van der Waals surface area (Å²) in [4.78, 5) is 17.5. The molecule has 0 radical (unpaired) electrons. The first-order chi connectivity index (χ1) is 14.0. The minimum atomic E-state index is -0.0763. The number of piperidine rings is 1. The zero-order chi connectivity index (χ0) is 20.4. The highest BCUT2D eigenvalue weighted by atomic mass is 16.3. The molecule has 2 heterocycles. The van der Waals surface area contributed by atoms with Crippen LogP contribution >= 0.6 is 0 Å². The van der Waals surface area contributed by atoms with Gasteiger partial charge in [0.05, 0.1) is 6.61 Å². The van der Waals surface area contributed by atoms with Crippen molar-refractivity contribution in [1.29, 1.82) is 0 Å². The number of benzene rings is 2. The van der Waals surface area contributed by atoms with Crippen molar-refractivity contribution in [3.05, 3.63) is 71.3 Å². The Morgan fingerprint density at radius 2 is 1.83 bits per heavy atom. The molecule has 2 aromatic rings. The summed E-state index contributed by atoms with van der Waals surface area (Å²) < 4.78 is 0. The predicted octanol–water partition coefficient (Wildman–Crippen LogP) is 3.77. The zero-order valence-corrected chi connectivity index (χ0v) is 17.6. The standard InChI is InChI=1S/C25H32N2O2/c1-19(2)21-8-10-22(11-9-21)24(29)27-13-12-25(18-28)17-26(15-23(25)16-27)14-20-6-4-3-5-7-20/h3-11,19,23,28H,12-18H2,1-2H3/t23-,25-/m0/s1. The van der Waals surface area contributed by atoms with E-state index in [2.05, 4.69) is 55.1 Å². The SMILES string of the molecule is CC(C)c1ccc(C(=O)N2CC[C@@]3(CO)CN(Cc4ccccc4)C[C@H]3C2)cc1. The van der Waals surface area contributed by atoms with Crippen LogP contribution < -0.4 is 0 Å². The van der Waals surface area contributed by atoms with Crippen LogP contribution in [0.2, 0.25) is 0 Å². The smallest absolute Gasteiger partial charge is 0.253 e. The van der Waals surface area contributed by atoms with Gasteiger partial charge in [0.1, 0.15) is 0 Å². The molecular formula is C25H32N2O2. The van der Waals surface area contributed by atoms with Gasteiger partial charge in [-0.05, 0) is 41.5 Å². The summed E-state index contributed by atoms with van der Waals surface area (Å²) in [6, 6.07) is 18.6. The summed E-state index contributed by atoms with van der Waals surface area (Å²) >= 11 is 0. The molecule has 2 saturated heterocycles. The number of carbonyl (C=O) groups is 1. The maximum atomic E-state index is 13.1. The lowest BCUT2D eigenvalue weighted by Gasteiger charge is -2.42. The number of amides is 1. The number of aliphatic hydroxyl groups excluding tert-OH is 1. The lowest BCUT2D eigenvalue weighted by atomic mass is 9.73. The van der Waals surface area contributed by atoms with Gasteiger partial charge in [0.2, 0.25) is 0 Å². The maximum absolute atomic E-state index is 13.1. The number of carbonyl (C=O) groups excluding carboxylic acids is 1. The molecule has 2 atom stereocenters. The van der Waals surface area contributed by atoms with Gasteiger partial charge in [0, 0.05) is 43.7 Å². The second-order valence-corrected chi connectivity index (χ2v) is 9.15. The molecule has 0 aliphatic carbocycles. The number of aliphatic hydroxyl groups is 1. The number of nitrogens with zero attached hydrogens (tertiary/aromatic N) is 2. The number of rotatable bonds is 5. The lowest BCUT2D eigenvalue weighted by Crippen LogP contribution is -2.50. The van der Waals surface area contributed by atoms with Gasteiger partial charge >= 0.3 is 0 Å². The molecular weight excluding hydrogens is 360 g/mol. The van der Waals surface area contributed by atoms with E-state index < -0.39 is 0 Å². The van der Waals surface area contributed by atoms with Crippen molar-refractivity contribution in [2.45, 2.75) is 32.7 Å². The Balaban J connectivity index is 1.44. The van der Waals surface area contributed by atoms with Crippen LogP contribution in [0.4, 0.5) is 0 Å². The molecule has 4 nitrogen and oxygen atoms in total. The van der Waals surface area contributed by atoms with Gasteiger partial charge in [-0.25, -0.2) is 0 Å². The van der Waals surface area contributed by atoms with Crippen LogP contribution in [0.15, 0.2) is 54.6 Å². The summed E-state index contributed by atoms with van der Waals surface area (Å²) in [6.45, 7) is 8.74. The number of hydrogen-bond acceptors (Lipinski definition) is 3. The van der Waals surface area contributed by atoms with Gasteiger partial charge in [-0.1, -0.05) is 56.3 Å². The van der Waals surface area contributed by atoms with E-state index in [0.29, 0.717) is 11.8 Å². The van der Waals surface area contributed by atoms with E-state index in [1.54, 1.807) is 0 Å². The highest BCUT2D eigenvalue weighted by Crippen LogP contribution is 2.43. The first-order valence-corrected chi connectivity index (χ1v) is 10.8. The third-order valence-electron chi connectivity index (χ3n) is 6.88. The Kier molecular flexibility index (Phi) is 5.75. The summed E-state index contributed by atoms with van der Waals surface area (Å²) in [7, 11) is 0. The fourth-order valence-electron chi connectivity index (χ4n) is 4.99. The first-order valence-electron chi connectivity index (χ1n) is 10.8. The van der Waals surface area contributed by atoms with Crippen LogP contribution in [0.1, 0.15) is 47.7 Å². The molecule has 29 heavy (non-hydrogen) atoms. The third kappa shape index (κ3) is 4.10. The van der Waals surface area contributed by atoms with Crippen LogP contribution in [0.3, 0.4) is 0 Å². The van der Waals surface area contributed by atoms with E-state index in [1.165, 1.54) is 11.1 Å². The highest BCUT2D eigenvalue weighted by molar-refractivity contribution is 5.94. The van der Waals surface area contributed by atoms with Crippen molar-refractivity contribution in [3.8, 4) is 0 Å². The molecule has 0 unspecified atom stereocenters. The van der Waals surface area contributed by atoms with Crippen molar-refractivity contribution in [2.75, 3.05) is 32.8 Å². The molecule has 2 aliphatic rings. The van der Waals surface area contributed by atoms with Crippen LogP contribution in [-0.2, 0) is 6.54 Å². The first kappa shape index (κ1) is 20.1. The Morgan fingerprint density at radius 1 is 1.10 bits per heavy atom. The van der Waals surface area contributed by atoms with Crippen molar-refractivity contribution < 1.29 is 9.90 Å². The zero-order valence-electron chi connectivity index (χ0n) is 17.6. The number of hydrogen-bond donors (Lipinski definition) is 1. The Bertz CT molecular complexity index is 834.